The summed E-state index contributed by atoms with van der Waals surface area (Å²) in [4.78, 5) is 28.6. The molecule has 1 unspecified atom stereocenters. The van der Waals surface area contributed by atoms with Crippen LogP contribution in [0.15, 0.2) is 72.4 Å². The SMILES string of the molecule is COc1ccc(Cl)c(/C(O)=C2\C(=O)C(=O)N(c3cc(C)cc(C)c3)C2c2cn(C)c3ccccc23)c1. The molecule has 1 aliphatic rings. The monoisotopic (exact) mass is 500 g/mol. The highest BCUT2D eigenvalue weighted by molar-refractivity contribution is 6.52. The highest BCUT2D eigenvalue weighted by atomic mass is 35.5. The summed E-state index contributed by atoms with van der Waals surface area (Å²) in [5.41, 5.74) is 4.37. The first-order chi connectivity index (χ1) is 17.2. The van der Waals surface area contributed by atoms with Gasteiger partial charge in [-0.15, -0.1) is 0 Å². The number of halogens is 1. The van der Waals surface area contributed by atoms with Gasteiger partial charge in [-0.2, -0.15) is 0 Å². The zero-order valence-corrected chi connectivity index (χ0v) is 21.1. The lowest BCUT2D eigenvalue weighted by molar-refractivity contribution is -0.132. The molecule has 0 aliphatic carbocycles. The maximum atomic E-state index is 13.6. The Morgan fingerprint density at radius 1 is 1.00 bits per heavy atom. The van der Waals surface area contributed by atoms with Crippen LogP contribution in [0.2, 0.25) is 5.02 Å². The molecule has 5 rings (SSSR count). The second-order valence-corrected chi connectivity index (χ2v) is 9.48. The molecule has 1 aliphatic heterocycles. The van der Waals surface area contributed by atoms with Crippen molar-refractivity contribution in [2.75, 3.05) is 12.0 Å². The number of anilines is 1. The van der Waals surface area contributed by atoms with Crippen LogP contribution >= 0.6 is 11.6 Å². The van der Waals surface area contributed by atoms with Crippen molar-refractivity contribution in [3.8, 4) is 5.75 Å². The largest absolute Gasteiger partial charge is 0.507 e. The van der Waals surface area contributed by atoms with Gasteiger partial charge < -0.3 is 14.4 Å². The summed E-state index contributed by atoms with van der Waals surface area (Å²) in [5.74, 6) is -1.37. The molecule has 1 atom stereocenters. The number of aromatic nitrogens is 1. The number of carbonyl (C=O) groups is 2. The van der Waals surface area contributed by atoms with E-state index in [2.05, 4.69) is 0 Å². The van der Waals surface area contributed by atoms with Crippen molar-refractivity contribution < 1.29 is 19.4 Å². The van der Waals surface area contributed by atoms with Gasteiger partial charge in [-0.1, -0.05) is 35.9 Å². The minimum absolute atomic E-state index is 0.0225. The lowest BCUT2D eigenvalue weighted by Gasteiger charge is -2.26. The molecule has 1 N–H and O–H groups in total. The minimum Gasteiger partial charge on any atom is -0.507 e. The van der Waals surface area contributed by atoms with Gasteiger partial charge in [-0.05, 0) is 61.4 Å². The summed E-state index contributed by atoms with van der Waals surface area (Å²) in [6.07, 6.45) is 1.90. The third-order valence-electron chi connectivity index (χ3n) is 6.58. The molecule has 1 saturated heterocycles. The van der Waals surface area contributed by atoms with Crippen molar-refractivity contribution >= 4 is 45.6 Å². The van der Waals surface area contributed by atoms with Gasteiger partial charge in [-0.25, -0.2) is 0 Å². The van der Waals surface area contributed by atoms with E-state index in [4.69, 9.17) is 16.3 Å². The van der Waals surface area contributed by atoms with Gasteiger partial charge in [-0.3, -0.25) is 14.5 Å². The van der Waals surface area contributed by atoms with E-state index in [1.54, 1.807) is 18.2 Å². The molecular formula is C29H25ClN2O4. The zero-order chi connectivity index (χ0) is 25.7. The smallest absolute Gasteiger partial charge is 0.300 e. The molecule has 4 aromatic rings. The van der Waals surface area contributed by atoms with Gasteiger partial charge in [0.15, 0.2) is 0 Å². The molecule has 6 nitrogen and oxygen atoms in total. The molecule has 1 fully saturated rings. The van der Waals surface area contributed by atoms with Crippen LogP contribution in [0.1, 0.15) is 28.3 Å². The normalized spacial score (nSPS) is 17.2. The van der Waals surface area contributed by atoms with Gasteiger partial charge in [0.1, 0.15) is 11.5 Å². The second kappa shape index (κ2) is 8.88. The van der Waals surface area contributed by atoms with Gasteiger partial charge in [0.05, 0.1) is 23.7 Å². The lowest BCUT2D eigenvalue weighted by atomic mass is 9.94. The Morgan fingerprint density at radius 2 is 1.69 bits per heavy atom. The first-order valence-corrected chi connectivity index (χ1v) is 11.9. The van der Waals surface area contributed by atoms with Crippen LogP contribution in [0.4, 0.5) is 5.69 Å². The summed E-state index contributed by atoms with van der Waals surface area (Å²) in [5, 5.41) is 12.6. The Labute approximate surface area is 214 Å². The average Bonchev–Trinajstić information content (AvgIpc) is 3.32. The van der Waals surface area contributed by atoms with E-state index >= 15 is 0 Å². The predicted octanol–water partition coefficient (Wildman–Crippen LogP) is 6.08. The van der Waals surface area contributed by atoms with Crippen LogP contribution in [0.5, 0.6) is 5.75 Å². The number of aryl methyl sites for hydroxylation is 3. The molecule has 0 saturated carbocycles. The molecule has 0 radical (unpaired) electrons. The summed E-state index contributed by atoms with van der Waals surface area (Å²) in [6, 6.07) is 17.5. The van der Waals surface area contributed by atoms with E-state index in [9.17, 15) is 14.7 Å². The number of benzene rings is 3. The van der Waals surface area contributed by atoms with Crippen LogP contribution in [0, 0.1) is 13.8 Å². The molecule has 1 aromatic heterocycles. The number of methoxy groups -OCH3 is 1. The van der Waals surface area contributed by atoms with Gasteiger partial charge >= 0.3 is 0 Å². The quantitative estimate of drug-likeness (QED) is 0.209. The molecule has 0 bridgehead atoms. The minimum atomic E-state index is -0.862. The highest BCUT2D eigenvalue weighted by Gasteiger charge is 2.48. The number of amides is 1. The fourth-order valence-corrected chi connectivity index (χ4v) is 5.24. The summed E-state index contributed by atoms with van der Waals surface area (Å²) >= 11 is 6.43. The fourth-order valence-electron chi connectivity index (χ4n) is 5.03. The molecule has 182 valence electrons. The van der Waals surface area contributed by atoms with Crippen LogP contribution in [-0.4, -0.2) is 28.5 Å². The van der Waals surface area contributed by atoms with Crippen LogP contribution < -0.4 is 9.64 Å². The van der Waals surface area contributed by atoms with Crippen molar-refractivity contribution in [3.63, 3.8) is 0 Å². The van der Waals surface area contributed by atoms with E-state index in [0.717, 1.165) is 27.6 Å². The topological polar surface area (TPSA) is 71.8 Å². The number of aliphatic hydroxyl groups is 1. The predicted molar refractivity (Wildman–Crippen MR) is 142 cm³/mol. The number of ketones is 1. The Kier molecular flexibility index (Phi) is 5.85. The highest BCUT2D eigenvalue weighted by Crippen LogP contribution is 2.45. The zero-order valence-electron chi connectivity index (χ0n) is 20.4. The molecular weight excluding hydrogens is 476 g/mol. The number of nitrogens with zero attached hydrogens (tertiary/aromatic N) is 2. The number of para-hydroxylation sites is 1. The Morgan fingerprint density at radius 3 is 2.39 bits per heavy atom. The van der Waals surface area contributed by atoms with E-state index in [1.807, 2.05) is 74.1 Å². The summed E-state index contributed by atoms with van der Waals surface area (Å²) in [7, 11) is 3.41. The first-order valence-electron chi connectivity index (χ1n) is 11.5. The summed E-state index contributed by atoms with van der Waals surface area (Å²) < 4.78 is 7.25. The van der Waals surface area contributed by atoms with E-state index in [-0.39, 0.29) is 21.9 Å². The number of rotatable bonds is 4. The number of aliphatic hydroxyl groups excluding tert-OH is 1. The van der Waals surface area contributed by atoms with Crippen LogP contribution in [0.3, 0.4) is 0 Å². The fraction of sp³-hybridized carbons (Fsp3) is 0.172. The number of ether oxygens (including phenoxy) is 1. The summed E-state index contributed by atoms with van der Waals surface area (Å²) in [6.45, 7) is 3.88. The third-order valence-corrected chi connectivity index (χ3v) is 6.91. The van der Waals surface area contributed by atoms with E-state index in [1.165, 1.54) is 12.0 Å². The van der Waals surface area contributed by atoms with Crippen molar-refractivity contribution in [1.29, 1.82) is 0 Å². The Hall–Kier alpha value is -4.03. The maximum Gasteiger partial charge on any atom is 0.300 e. The Bertz CT molecular complexity index is 1560. The van der Waals surface area contributed by atoms with Gasteiger partial charge in [0.2, 0.25) is 0 Å². The van der Waals surface area contributed by atoms with Crippen LogP contribution in [0.25, 0.3) is 16.7 Å². The van der Waals surface area contributed by atoms with Crippen molar-refractivity contribution in [2.24, 2.45) is 7.05 Å². The van der Waals surface area contributed by atoms with Gasteiger partial charge in [0.25, 0.3) is 11.7 Å². The van der Waals surface area contributed by atoms with Crippen LogP contribution in [-0.2, 0) is 16.6 Å². The molecule has 36 heavy (non-hydrogen) atoms. The van der Waals surface area contributed by atoms with Crippen molar-refractivity contribution in [3.05, 3.63) is 99.7 Å². The number of carbonyl (C=O) groups excluding carboxylic acids is 2. The van der Waals surface area contributed by atoms with Crippen molar-refractivity contribution in [1.82, 2.24) is 4.57 Å². The second-order valence-electron chi connectivity index (χ2n) is 9.07. The number of hydrogen-bond donors (Lipinski definition) is 1. The number of Topliss-reactive ketones (excluding diaryl/α,β-unsaturated/α-hetero) is 1. The maximum absolute atomic E-state index is 13.6. The lowest BCUT2D eigenvalue weighted by Crippen LogP contribution is -2.29. The Balaban J connectivity index is 1.84. The third kappa shape index (κ3) is 3.74. The molecule has 2 heterocycles. The van der Waals surface area contributed by atoms with E-state index in [0.29, 0.717) is 11.4 Å². The molecule has 1 amide bonds. The average molecular weight is 501 g/mol. The standard InChI is InChI=1S/C29H25ClN2O4/c1-16-11-17(2)13-18(12-16)32-26(22-15-31(3)24-8-6-5-7-20(22)24)25(28(34)29(32)35)27(33)21-14-19(36-4)9-10-23(21)30/h5-15,26,33H,1-4H3/b27-25+. The first kappa shape index (κ1) is 23.7. The number of fused-ring (bicyclic) bond motifs is 1. The van der Waals surface area contributed by atoms with Crippen molar-refractivity contribution in [2.45, 2.75) is 19.9 Å². The van der Waals surface area contributed by atoms with Gasteiger partial charge in [0, 0.05) is 41.0 Å². The molecule has 7 heteroatoms. The number of hydrogen-bond acceptors (Lipinski definition) is 4. The molecule has 0 spiro atoms. The van der Waals surface area contributed by atoms with E-state index < -0.39 is 17.7 Å². The molecule has 3 aromatic carbocycles.